The van der Waals surface area contributed by atoms with E-state index in [2.05, 4.69) is 16.9 Å². The van der Waals surface area contributed by atoms with Crippen LogP contribution < -0.4 is 14.4 Å². The number of thiazole rings is 1. The number of ketones is 1. The maximum Gasteiger partial charge on any atom is 0.350 e. The van der Waals surface area contributed by atoms with Crippen molar-refractivity contribution >= 4 is 45.5 Å². The number of unbranched alkanes of at least 4 members (excludes halogenated alkanes) is 2. The number of aryl methyl sites for hydroxylation is 3. The number of esters is 1. The normalized spacial score (nSPS) is 16.0. The molecular weight excluding hydrogens is 596 g/mol. The molecule has 1 saturated heterocycles. The summed E-state index contributed by atoms with van der Waals surface area (Å²) in [6.07, 6.45) is 4.78. The van der Waals surface area contributed by atoms with Gasteiger partial charge in [-0.05, 0) is 63.4 Å². The van der Waals surface area contributed by atoms with Crippen LogP contribution in [0.1, 0.15) is 77.0 Å². The third-order valence-electron chi connectivity index (χ3n) is 7.71. The zero-order valence-corrected chi connectivity index (χ0v) is 27.0. The van der Waals surface area contributed by atoms with Crippen LogP contribution in [-0.2, 0) is 14.3 Å². The summed E-state index contributed by atoms with van der Waals surface area (Å²) < 4.78 is 18.6. The Labute approximate surface area is 265 Å². The molecule has 0 radical (unpaired) electrons. The topological polar surface area (TPSA) is 133 Å². The fraction of sp³-hybridized carbons (Fsp3) is 0.364. The summed E-state index contributed by atoms with van der Waals surface area (Å²) >= 11 is 0.944. The highest BCUT2D eigenvalue weighted by Crippen LogP contribution is 2.46. The molecule has 1 aromatic carbocycles. The second-order valence-electron chi connectivity index (χ2n) is 10.7. The predicted octanol–water partition coefficient (Wildman–Crippen LogP) is 6.10. The lowest BCUT2D eigenvalue weighted by Gasteiger charge is -2.24. The van der Waals surface area contributed by atoms with E-state index in [0.29, 0.717) is 40.7 Å². The second-order valence-corrected chi connectivity index (χ2v) is 11.7. The molecule has 45 heavy (non-hydrogen) atoms. The number of aliphatic hydroxyl groups is 1. The van der Waals surface area contributed by atoms with Crippen molar-refractivity contribution in [3.05, 3.63) is 75.2 Å². The fourth-order valence-electron chi connectivity index (χ4n) is 5.40. The van der Waals surface area contributed by atoms with Crippen LogP contribution in [0.3, 0.4) is 0 Å². The van der Waals surface area contributed by atoms with Crippen LogP contribution in [-0.4, -0.2) is 57.5 Å². The number of carbonyl (C=O) groups excluding carboxylic acids is 3. The number of benzene rings is 1. The van der Waals surface area contributed by atoms with Crippen molar-refractivity contribution in [2.75, 3.05) is 25.2 Å². The molecule has 1 aliphatic heterocycles. The Morgan fingerprint density at radius 1 is 1.07 bits per heavy atom. The highest BCUT2D eigenvalue weighted by molar-refractivity contribution is 7.17. The van der Waals surface area contributed by atoms with Crippen LogP contribution >= 0.6 is 11.3 Å². The van der Waals surface area contributed by atoms with Crippen LogP contribution in [0, 0.1) is 20.8 Å². The van der Waals surface area contributed by atoms with E-state index in [9.17, 15) is 19.5 Å². The van der Waals surface area contributed by atoms with E-state index in [4.69, 9.17) is 14.2 Å². The summed E-state index contributed by atoms with van der Waals surface area (Å²) in [4.78, 5) is 50.8. The number of aliphatic hydroxyl groups excluding tert-OH is 1. The van der Waals surface area contributed by atoms with E-state index in [-0.39, 0.29) is 27.9 Å². The summed E-state index contributed by atoms with van der Waals surface area (Å²) in [5, 5.41) is 11.9. The Morgan fingerprint density at radius 2 is 1.84 bits per heavy atom. The maximum atomic E-state index is 13.8. The fourth-order valence-corrected chi connectivity index (χ4v) is 6.39. The van der Waals surface area contributed by atoms with Gasteiger partial charge in [-0.15, -0.1) is 0 Å². The van der Waals surface area contributed by atoms with E-state index in [1.54, 1.807) is 39.0 Å². The molecule has 4 aromatic rings. The highest BCUT2D eigenvalue weighted by Gasteiger charge is 2.49. The number of imidazole rings is 1. The van der Waals surface area contributed by atoms with Crippen molar-refractivity contribution in [2.24, 2.45) is 0 Å². The van der Waals surface area contributed by atoms with Gasteiger partial charge < -0.3 is 23.7 Å². The molecular formula is C33H36N4O7S. The molecule has 3 aromatic heterocycles. The van der Waals surface area contributed by atoms with Crippen molar-refractivity contribution in [3.63, 3.8) is 0 Å². The lowest BCUT2D eigenvalue weighted by Crippen LogP contribution is -2.29. The molecule has 0 aliphatic carbocycles. The number of carbonyl (C=O) groups is 3. The number of nitrogens with zero attached hydrogens (tertiary/aromatic N) is 4. The number of methoxy groups -OCH3 is 1. The minimum atomic E-state index is -1.11. The van der Waals surface area contributed by atoms with Gasteiger partial charge >= 0.3 is 11.9 Å². The van der Waals surface area contributed by atoms with E-state index < -0.39 is 29.5 Å². The average molecular weight is 633 g/mol. The van der Waals surface area contributed by atoms with Gasteiger partial charge in [0.05, 0.1) is 43.3 Å². The van der Waals surface area contributed by atoms with Gasteiger partial charge in [-0.2, -0.15) is 0 Å². The van der Waals surface area contributed by atoms with Gasteiger partial charge in [0, 0.05) is 6.20 Å². The molecule has 12 heteroatoms. The summed E-state index contributed by atoms with van der Waals surface area (Å²) in [6, 6.07) is 7.77. The number of pyridine rings is 1. The number of aromatic nitrogens is 3. The van der Waals surface area contributed by atoms with Crippen LogP contribution in [0.5, 0.6) is 11.5 Å². The van der Waals surface area contributed by atoms with Crippen LogP contribution in [0.15, 0.2) is 42.1 Å². The number of hydrogen-bond acceptors (Lipinski definition) is 10. The molecule has 236 valence electrons. The standard InChI is InChI=1S/C33H36N4O7S/c1-7-9-10-16-44-22-14-13-21(17-23(22)42-6)26-24(27(38)25-20(5)36-15-11-12-18(3)30(36)35-25)28(39)31(40)37(26)33-34-19(4)29(45-33)32(41)43-8-2/h11-15,17,26,38H,7-10,16H2,1-6H3/b27-24+. The average Bonchev–Trinajstić information content (AvgIpc) is 3.66. The SMILES string of the molecule is CCCCCOc1ccc(C2/C(=C(\O)c3nc4c(C)cccn4c3C)C(=O)C(=O)N2c2nc(C)c(C(=O)OCC)s2)cc1OC. The Morgan fingerprint density at radius 3 is 2.53 bits per heavy atom. The van der Waals surface area contributed by atoms with Gasteiger partial charge in [0.2, 0.25) is 0 Å². The molecule has 0 spiro atoms. The molecule has 1 amide bonds. The van der Waals surface area contributed by atoms with Crippen molar-refractivity contribution in [1.82, 2.24) is 14.4 Å². The van der Waals surface area contributed by atoms with Gasteiger partial charge in [0.15, 0.2) is 22.4 Å². The molecule has 1 unspecified atom stereocenters. The van der Waals surface area contributed by atoms with Crippen molar-refractivity contribution < 1.29 is 33.7 Å². The number of anilines is 1. The zero-order chi connectivity index (χ0) is 32.4. The van der Waals surface area contributed by atoms with Crippen molar-refractivity contribution in [3.8, 4) is 11.5 Å². The Balaban J connectivity index is 1.69. The van der Waals surface area contributed by atoms with Gasteiger partial charge in [0.1, 0.15) is 16.2 Å². The predicted molar refractivity (Wildman–Crippen MR) is 170 cm³/mol. The molecule has 1 atom stereocenters. The van der Waals surface area contributed by atoms with E-state index in [1.807, 2.05) is 29.7 Å². The van der Waals surface area contributed by atoms with Crippen molar-refractivity contribution in [1.29, 1.82) is 0 Å². The quantitative estimate of drug-likeness (QED) is 0.0685. The molecule has 5 rings (SSSR count). The number of Topliss-reactive ketones (excluding diaryl/α,β-unsaturated/α-hetero) is 1. The number of fused-ring (bicyclic) bond motifs is 1. The smallest absolute Gasteiger partial charge is 0.350 e. The lowest BCUT2D eigenvalue weighted by atomic mass is 9.96. The number of rotatable bonds is 11. The molecule has 0 bridgehead atoms. The number of ether oxygens (including phenoxy) is 3. The summed E-state index contributed by atoms with van der Waals surface area (Å²) in [7, 11) is 1.51. The second kappa shape index (κ2) is 13.1. The van der Waals surface area contributed by atoms with E-state index in [1.165, 1.54) is 12.0 Å². The molecule has 1 fully saturated rings. The lowest BCUT2D eigenvalue weighted by molar-refractivity contribution is -0.132. The summed E-state index contributed by atoms with van der Waals surface area (Å²) in [5.74, 6) is -1.89. The Kier molecular flexibility index (Phi) is 9.24. The van der Waals surface area contributed by atoms with Crippen LogP contribution in [0.25, 0.3) is 11.4 Å². The van der Waals surface area contributed by atoms with E-state index in [0.717, 1.165) is 36.2 Å². The Bertz CT molecular complexity index is 1820. The first-order chi connectivity index (χ1) is 21.6. The molecule has 4 heterocycles. The first kappa shape index (κ1) is 31.7. The first-order valence-corrected chi connectivity index (χ1v) is 15.6. The first-order valence-electron chi connectivity index (χ1n) is 14.8. The van der Waals surface area contributed by atoms with Gasteiger partial charge in [0.25, 0.3) is 5.78 Å². The molecule has 1 aliphatic rings. The largest absolute Gasteiger partial charge is 0.505 e. The third kappa shape index (κ3) is 5.77. The summed E-state index contributed by atoms with van der Waals surface area (Å²) in [5.41, 5.74) is 2.93. The number of hydrogen-bond donors (Lipinski definition) is 1. The minimum absolute atomic E-state index is 0.114. The van der Waals surface area contributed by atoms with Crippen LogP contribution in [0.2, 0.25) is 0 Å². The molecule has 11 nitrogen and oxygen atoms in total. The maximum absolute atomic E-state index is 13.8. The zero-order valence-electron chi connectivity index (χ0n) is 26.2. The number of amides is 1. The van der Waals surface area contributed by atoms with Crippen LogP contribution in [0.4, 0.5) is 5.13 Å². The summed E-state index contributed by atoms with van der Waals surface area (Å²) in [6.45, 7) is 9.79. The monoisotopic (exact) mass is 632 g/mol. The van der Waals surface area contributed by atoms with E-state index >= 15 is 0 Å². The molecule has 1 N–H and O–H groups in total. The van der Waals surface area contributed by atoms with Gasteiger partial charge in [-0.1, -0.05) is 43.2 Å². The minimum Gasteiger partial charge on any atom is -0.505 e. The molecule has 0 saturated carbocycles. The third-order valence-corrected chi connectivity index (χ3v) is 8.85. The van der Waals surface area contributed by atoms with Gasteiger partial charge in [-0.25, -0.2) is 14.8 Å². The highest BCUT2D eigenvalue weighted by atomic mass is 32.1. The van der Waals surface area contributed by atoms with Crippen molar-refractivity contribution in [2.45, 2.75) is 59.9 Å². The Hall–Kier alpha value is -4.71. The van der Waals surface area contributed by atoms with Gasteiger partial charge in [-0.3, -0.25) is 14.5 Å².